The molecule has 0 spiro atoms. The van der Waals surface area contributed by atoms with Gasteiger partial charge in [-0.1, -0.05) is 12.1 Å². The predicted molar refractivity (Wildman–Crippen MR) is 70.5 cm³/mol. The Morgan fingerprint density at radius 2 is 1.78 bits per heavy atom. The fourth-order valence-electron chi connectivity index (χ4n) is 0.921. The average molecular weight is 252 g/mol. The first-order valence-electron chi connectivity index (χ1n) is 5.64. The number of benzene rings is 1. The maximum Gasteiger partial charge on any atom is 0.255 e. The van der Waals surface area contributed by atoms with Gasteiger partial charge in [0.15, 0.2) is 0 Å². The Kier molecular flexibility index (Phi) is 7.19. The van der Waals surface area contributed by atoms with Gasteiger partial charge in [-0.2, -0.15) is 0 Å². The van der Waals surface area contributed by atoms with E-state index in [0.29, 0.717) is 12.1 Å². The zero-order valence-corrected chi connectivity index (χ0v) is 11.2. The van der Waals surface area contributed by atoms with E-state index in [1.165, 1.54) is 17.9 Å². The summed E-state index contributed by atoms with van der Waals surface area (Å²) in [6.45, 7) is 3.92. The van der Waals surface area contributed by atoms with E-state index >= 15 is 0 Å². The van der Waals surface area contributed by atoms with Gasteiger partial charge in [-0.25, -0.2) is 0 Å². The number of phenols is 1. The van der Waals surface area contributed by atoms with Gasteiger partial charge in [0, 0.05) is 27.6 Å². The minimum Gasteiger partial charge on any atom is -0.507 e. The molecule has 1 aromatic rings. The van der Waals surface area contributed by atoms with Gasteiger partial charge in [0.1, 0.15) is 5.75 Å². The van der Waals surface area contributed by atoms with Gasteiger partial charge in [0.2, 0.25) is 5.91 Å². The van der Waals surface area contributed by atoms with E-state index in [1.54, 1.807) is 32.3 Å². The van der Waals surface area contributed by atoms with Crippen LogP contribution in [0.15, 0.2) is 24.3 Å². The minimum atomic E-state index is -0.240. The van der Waals surface area contributed by atoms with Crippen molar-refractivity contribution >= 4 is 11.8 Å². The van der Waals surface area contributed by atoms with Crippen molar-refractivity contribution in [2.45, 2.75) is 13.8 Å². The monoisotopic (exact) mass is 252 g/mol. The molecule has 0 saturated heterocycles. The molecule has 0 heterocycles. The molecule has 1 aromatic carbocycles. The lowest BCUT2D eigenvalue weighted by Crippen LogP contribution is -2.22. The fraction of sp³-hybridized carbons (Fsp3) is 0.385. The summed E-state index contributed by atoms with van der Waals surface area (Å²) in [5, 5.41) is 11.9. The van der Waals surface area contributed by atoms with Crippen molar-refractivity contribution in [3.05, 3.63) is 29.8 Å². The van der Waals surface area contributed by atoms with Crippen molar-refractivity contribution in [1.82, 2.24) is 10.2 Å². The van der Waals surface area contributed by atoms with E-state index in [-0.39, 0.29) is 17.6 Å². The molecular formula is C13H20N2O3. The van der Waals surface area contributed by atoms with E-state index in [4.69, 9.17) is 0 Å². The highest BCUT2D eigenvalue weighted by Gasteiger charge is 2.07. The Balaban J connectivity index is 0.000000411. The van der Waals surface area contributed by atoms with E-state index in [9.17, 15) is 14.7 Å². The van der Waals surface area contributed by atoms with Gasteiger partial charge < -0.3 is 15.3 Å². The number of hydrogen-bond donors (Lipinski definition) is 2. The molecule has 100 valence electrons. The number of aromatic hydroxyl groups is 1. The number of para-hydroxylation sites is 1. The second kappa shape index (κ2) is 8.11. The Bertz CT molecular complexity index is 403. The summed E-state index contributed by atoms with van der Waals surface area (Å²) in [7, 11) is 3.45. The summed E-state index contributed by atoms with van der Waals surface area (Å²) in [6, 6.07) is 6.47. The molecule has 0 unspecified atom stereocenters. The second-order valence-corrected chi connectivity index (χ2v) is 3.79. The second-order valence-electron chi connectivity index (χ2n) is 3.79. The molecule has 2 amide bonds. The smallest absolute Gasteiger partial charge is 0.255 e. The Morgan fingerprint density at radius 3 is 2.17 bits per heavy atom. The third-order valence-electron chi connectivity index (χ3n) is 2.12. The van der Waals surface area contributed by atoms with Gasteiger partial charge in [0.25, 0.3) is 5.91 Å². The summed E-state index contributed by atoms with van der Waals surface area (Å²) in [5.41, 5.74) is 0.319. The number of rotatable bonds is 2. The lowest BCUT2D eigenvalue weighted by atomic mass is 10.2. The lowest BCUT2D eigenvalue weighted by molar-refractivity contribution is -0.126. The number of carbonyl (C=O) groups excluding carboxylic acids is 2. The Morgan fingerprint density at radius 1 is 1.28 bits per heavy atom. The van der Waals surface area contributed by atoms with Gasteiger partial charge >= 0.3 is 0 Å². The standard InChI is InChI=1S/C9H11NO2.C4H9NO/c1-2-10-9(12)7-5-3-4-6-8(7)11;1-4(6)5(2)3/h3-6,11H,2H2,1H3,(H,10,12);1-3H3. The van der Waals surface area contributed by atoms with Crippen molar-refractivity contribution in [3.8, 4) is 5.75 Å². The molecule has 0 atom stereocenters. The lowest BCUT2D eigenvalue weighted by Gasteiger charge is -2.02. The van der Waals surface area contributed by atoms with Crippen LogP contribution < -0.4 is 5.32 Å². The molecular weight excluding hydrogens is 232 g/mol. The number of carbonyl (C=O) groups is 2. The van der Waals surface area contributed by atoms with Crippen LogP contribution in [-0.2, 0) is 4.79 Å². The molecule has 0 fully saturated rings. The molecule has 1 rings (SSSR count). The third kappa shape index (κ3) is 5.89. The summed E-state index contributed by atoms with van der Waals surface area (Å²) in [4.78, 5) is 22.8. The van der Waals surface area contributed by atoms with E-state index in [2.05, 4.69) is 5.32 Å². The topological polar surface area (TPSA) is 69.6 Å². The highest BCUT2D eigenvalue weighted by molar-refractivity contribution is 5.96. The molecule has 0 aromatic heterocycles. The molecule has 0 saturated carbocycles. The molecule has 5 nitrogen and oxygen atoms in total. The highest BCUT2D eigenvalue weighted by Crippen LogP contribution is 2.14. The van der Waals surface area contributed by atoms with Crippen molar-refractivity contribution in [3.63, 3.8) is 0 Å². The van der Waals surface area contributed by atoms with E-state index in [1.807, 2.05) is 6.92 Å². The molecule has 5 heteroatoms. The largest absolute Gasteiger partial charge is 0.507 e. The maximum absolute atomic E-state index is 11.2. The van der Waals surface area contributed by atoms with Crippen LogP contribution in [0.3, 0.4) is 0 Å². The fourth-order valence-corrected chi connectivity index (χ4v) is 0.921. The molecule has 0 aliphatic carbocycles. The van der Waals surface area contributed by atoms with Gasteiger partial charge in [-0.05, 0) is 19.1 Å². The number of nitrogens with one attached hydrogen (secondary N) is 1. The van der Waals surface area contributed by atoms with Gasteiger partial charge in [0.05, 0.1) is 5.56 Å². The van der Waals surface area contributed by atoms with Crippen molar-refractivity contribution in [2.75, 3.05) is 20.6 Å². The summed E-state index contributed by atoms with van der Waals surface area (Å²) in [5.74, 6) is -0.131. The van der Waals surface area contributed by atoms with Crippen LogP contribution in [0.25, 0.3) is 0 Å². The quantitative estimate of drug-likeness (QED) is 0.832. The normalized spacial score (nSPS) is 8.89. The number of nitrogens with zero attached hydrogens (tertiary/aromatic N) is 1. The Labute approximate surface area is 107 Å². The van der Waals surface area contributed by atoms with Crippen molar-refractivity contribution in [1.29, 1.82) is 0 Å². The minimum absolute atomic E-state index is 0.0171. The molecule has 0 aliphatic heterocycles. The van der Waals surface area contributed by atoms with Crippen LogP contribution >= 0.6 is 0 Å². The van der Waals surface area contributed by atoms with Crippen LogP contribution in [-0.4, -0.2) is 42.5 Å². The summed E-state index contributed by atoms with van der Waals surface area (Å²) in [6.07, 6.45) is 0. The van der Waals surface area contributed by atoms with Crippen LogP contribution in [0.2, 0.25) is 0 Å². The molecule has 0 radical (unpaired) electrons. The van der Waals surface area contributed by atoms with Crippen LogP contribution in [0, 0.1) is 0 Å². The number of phenolic OH excluding ortho intramolecular Hbond substituents is 1. The van der Waals surface area contributed by atoms with E-state index in [0.717, 1.165) is 0 Å². The van der Waals surface area contributed by atoms with Gasteiger partial charge in [-0.15, -0.1) is 0 Å². The summed E-state index contributed by atoms with van der Waals surface area (Å²) >= 11 is 0. The molecule has 2 N–H and O–H groups in total. The number of hydrogen-bond acceptors (Lipinski definition) is 3. The number of amides is 2. The maximum atomic E-state index is 11.2. The SMILES string of the molecule is CC(=O)N(C)C.CCNC(=O)c1ccccc1O. The zero-order valence-electron chi connectivity index (χ0n) is 11.2. The summed E-state index contributed by atoms with van der Waals surface area (Å²) < 4.78 is 0. The van der Waals surface area contributed by atoms with Crippen LogP contribution in [0.1, 0.15) is 24.2 Å². The van der Waals surface area contributed by atoms with Crippen molar-refractivity contribution in [2.24, 2.45) is 0 Å². The zero-order chi connectivity index (χ0) is 14.1. The first-order chi connectivity index (χ1) is 8.40. The Hall–Kier alpha value is -2.04. The molecule has 0 bridgehead atoms. The molecule has 18 heavy (non-hydrogen) atoms. The first kappa shape index (κ1) is 16.0. The van der Waals surface area contributed by atoms with Gasteiger partial charge in [-0.3, -0.25) is 9.59 Å². The van der Waals surface area contributed by atoms with Crippen LogP contribution in [0.4, 0.5) is 0 Å². The third-order valence-corrected chi connectivity index (χ3v) is 2.12. The van der Waals surface area contributed by atoms with E-state index < -0.39 is 0 Å². The highest BCUT2D eigenvalue weighted by atomic mass is 16.3. The van der Waals surface area contributed by atoms with Crippen LogP contribution in [0.5, 0.6) is 5.75 Å². The van der Waals surface area contributed by atoms with Crippen molar-refractivity contribution < 1.29 is 14.7 Å². The molecule has 0 aliphatic rings. The predicted octanol–water partition coefficient (Wildman–Crippen LogP) is 1.24. The first-order valence-corrected chi connectivity index (χ1v) is 5.64. The average Bonchev–Trinajstić information content (AvgIpc) is 2.30.